The highest BCUT2D eigenvalue weighted by atomic mass is 16.6. The molecule has 2 heterocycles. The van der Waals surface area contributed by atoms with Gasteiger partial charge >= 0.3 is 6.09 Å². The van der Waals surface area contributed by atoms with Crippen molar-refractivity contribution in [1.29, 1.82) is 0 Å². The number of H-pyrrole nitrogens is 1. The van der Waals surface area contributed by atoms with Gasteiger partial charge in [0.2, 0.25) is 5.56 Å². The van der Waals surface area contributed by atoms with Crippen molar-refractivity contribution in [2.75, 3.05) is 13.1 Å². The highest BCUT2D eigenvalue weighted by molar-refractivity contribution is 5.68. The predicted molar refractivity (Wildman–Crippen MR) is 86.2 cm³/mol. The van der Waals surface area contributed by atoms with E-state index in [4.69, 9.17) is 4.74 Å². The highest BCUT2D eigenvalue weighted by Gasteiger charge is 2.28. The van der Waals surface area contributed by atoms with Gasteiger partial charge in [0.05, 0.1) is 0 Å². The number of carbonyl (C=O) groups excluding carboxylic acids is 1. The van der Waals surface area contributed by atoms with Crippen molar-refractivity contribution in [3.63, 3.8) is 0 Å². The summed E-state index contributed by atoms with van der Waals surface area (Å²) in [5.41, 5.74) is 1.73. The van der Waals surface area contributed by atoms with Crippen molar-refractivity contribution in [2.45, 2.75) is 58.5 Å². The predicted octanol–water partition coefficient (Wildman–Crippen LogP) is 3.05. The molecule has 5 nitrogen and oxygen atoms in total. The Morgan fingerprint density at radius 1 is 1.32 bits per heavy atom. The second kappa shape index (κ2) is 6.55. The van der Waals surface area contributed by atoms with Gasteiger partial charge in [-0.15, -0.1) is 0 Å². The Labute approximate surface area is 131 Å². The molecule has 1 amide bonds. The third-order valence-electron chi connectivity index (χ3n) is 3.98. The number of carbonyl (C=O) groups is 1. The third-order valence-corrected chi connectivity index (χ3v) is 3.98. The maximum atomic E-state index is 12.1. The zero-order valence-electron chi connectivity index (χ0n) is 13.9. The first kappa shape index (κ1) is 16.6. The first-order chi connectivity index (χ1) is 10.3. The molecular formula is C17H26N2O3. The second-order valence-electron chi connectivity index (χ2n) is 6.85. The summed E-state index contributed by atoms with van der Waals surface area (Å²) in [5, 5.41) is 0. The van der Waals surface area contributed by atoms with Crippen LogP contribution in [0.25, 0.3) is 0 Å². The molecular weight excluding hydrogens is 280 g/mol. The molecule has 0 unspecified atom stereocenters. The van der Waals surface area contributed by atoms with Crippen LogP contribution in [-0.4, -0.2) is 34.7 Å². The van der Waals surface area contributed by atoms with E-state index in [9.17, 15) is 9.59 Å². The zero-order chi connectivity index (χ0) is 16.3. The van der Waals surface area contributed by atoms with E-state index < -0.39 is 5.60 Å². The van der Waals surface area contributed by atoms with Crippen molar-refractivity contribution in [3.8, 4) is 0 Å². The topological polar surface area (TPSA) is 62.4 Å². The summed E-state index contributed by atoms with van der Waals surface area (Å²) in [6.45, 7) is 9.08. The Hall–Kier alpha value is -1.78. The number of hydrogen-bond acceptors (Lipinski definition) is 3. The first-order valence-corrected chi connectivity index (χ1v) is 8.00. The van der Waals surface area contributed by atoms with Crippen molar-refractivity contribution in [2.24, 2.45) is 0 Å². The summed E-state index contributed by atoms with van der Waals surface area (Å²) in [4.78, 5) is 28.2. The van der Waals surface area contributed by atoms with Crippen LogP contribution in [0, 0.1) is 0 Å². The average Bonchev–Trinajstić information content (AvgIpc) is 2.45. The molecule has 0 spiro atoms. The second-order valence-corrected chi connectivity index (χ2v) is 6.85. The lowest BCUT2D eigenvalue weighted by molar-refractivity contribution is 0.0204. The lowest BCUT2D eigenvalue weighted by Crippen LogP contribution is -2.41. The molecule has 1 aliphatic heterocycles. The molecule has 0 radical (unpaired) electrons. The van der Waals surface area contributed by atoms with Gasteiger partial charge in [0.1, 0.15) is 5.60 Å². The quantitative estimate of drug-likeness (QED) is 0.913. The smallest absolute Gasteiger partial charge is 0.410 e. The van der Waals surface area contributed by atoms with Crippen LogP contribution in [-0.2, 0) is 11.2 Å². The van der Waals surface area contributed by atoms with Crippen LogP contribution >= 0.6 is 0 Å². The average molecular weight is 306 g/mol. The molecule has 22 heavy (non-hydrogen) atoms. The number of amides is 1. The fourth-order valence-electron chi connectivity index (χ4n) is 2.90. The summed E-state index contributed by atoms with van der Waals surface area (Å²) in [6.07, 6.45) is 2.39. The van der Waals surface area contributed by atoms with Crippen LogP contribution in [0.15, 0.2) is 16.9 Å². The summed E-state index contributed by atoms with van der Waals surface area (Å²) < 4.78 is 5.42. The van der Waals surface area contributed by atoms with Crippen LogP contribution in [0.5, 0.6) is 0 Å². The molecule has 122 valence electrons. The minimum absolute atomic E-state index is 0.0493. The lowest BCUT2D eigenvalue weighted by Gasteiger charge is -2.34. The Morgan fingerprint density at radius 2 is 1.95 bits per heavy atom. The molecule has 0 atom stereocenters. The number of rotatable bonds is 2. The van der Waals surface area contributed by atoms with Gasteiger partial charge in [0.15, 0.2) is 0 Å². The van der Waals surface area contributed by atoms with Gasteiger partial charge in [-0.1, -0.05) is 13.0 Å². The van der Waals surface area contributed by atoms with E-state index in [1.54, 1.807) is 11.0 Å². The normalized spacial score (nSPS) is 16.6. The number of aryl methyl sites for hydroxylation is 1. The number of ether oxygens (including phenoxy) is 1. The number of piperidine rings is 1. The van der Waals surface area contributed by atoms with Crippen molar-refractivity contribution < 1.29 is 9.53 Å². The Morgan fingerprint density at radius 3 is 2.50 bits per heavy atom. The maximum Gasteiger partial charge on any atom is 0.410 e. The molecule has 1 fully saturated rings. The Bertz CT molecular complexity index is 578. The number of pyridine rings is 1. The maximum absolute atomic E-state index is 12.1. The molecule has 0 aromatic carbocycles. The van der Waals surface area contributed by atoms with E-state index in [1.165, 1.54) is 5.56 Å². The third kappa shape index (κ3) is 4.12. The van der Waals surface area contributed by atoms with Crippen molar-refractivity contribution in [3.05, 3.63) is 33.7 Å². The molecule has 0 bridgehead atoms. The van der Waals surface area contributed by atoms with Crippen LogP contribution < -0.4 is 5.56 Å². The largest absolute Gasteiger partial charge is 0.444 e. The minimum atomic E-state index is -0.456. The van der Waals surface area contributed by atoms with Crippen LogP contribution in [0.4, 0.5) is 4.79 Å². The number of hydrogen-bond donors (Lipinski definition) is 1. The van der Waals surface area contributed by atoms with Crippen LogP contribution in [0.3, 0.4) is 0 Å². The standard InChI is InChI=1S/C17H26N2O3/c1-5-14-13(6-7-15(20)18-14)12-8-10-19(11-9-12)16(21)22-17(2,3)4/h6-7,12H,5,8-11H2,1-4H3,(H,18,20). The zero-order valence-corrected chi connectivity index (χ0v) is 13.9. The van der Waals surface area contributed by atoms with Gasteiger partial charge in [-0.3, -0.25) is 4.79 Å². The number of nitrogens with zero attached hydrogens (tertiary/aromatic N) is 1. The van der Waals surface area contributed by atoms with Crippen LogP contribution in [0.2, 0.25) is 0 Å². The van der Waals surface area contributed by atoms with Gasteiger partial charge in [0, 0.05) is 24.8 Å². The fraction of sp³-hybridized carbons (Fsp3) is 0.647. The summed E-state index contributed by atoms with van der Waals surface area (Å²) in [6, 6.07) is 3.53. The van der Waals surface area contributed by atoms with E-state index in [1.807, 2.05) is 33.8 Å². The molecule has 0 aliphatic carbocycles. The molecule has 2 rings (SSSR count). The molecule has 0 saturated carbocycles. The molecule has 1 aromatic heterocycles. The Kier molecular flexibility index (Phi) is 4.94. The molecule has 1 aromatic rings. The van der Waals surface area contributed by atoms with E-state index in [0.717, 1.165) is 25.0 Å². The molecule has 5 heteroatoms. The van der Waals surface area contributed by atoms with Gasteiger partial charge in [-0.2, -0.15) is 0 Å². The van der Waals surface area contributed by atoms with E-state index in [2.05, 4.69) is 4.98 Å². The van der Waals surface area contributed by atoms with Gasteiger partial charge in [-0.25, -0.2) is 4.79 Å². The van der Waals surface area contributed by atoms with Crippen molar-refractivity contribution >= 4 is 6.09 Å². The summed E-state index contributed by atoms with van der Waals surface area (Å²) in [7, 11) is 0. The first-order valence-electron chi connectivity index (χ1n) is 8.00. The fourth-order valence-corrected chi connectivity index (χ4v) is 2.90. The number of nitrogens with one attached hydrogen (secondary N) is 1. The van der Waals surface area contributed by atoms with Crippen molar-refractivity contribution in [1.82, 2.24) is 9.88 Å². The number of aromatic nitrogens is 1. The summed E-state index contributed by atoms with van der Waals surface area (Å²) >= 11 is 0. The molecule has 1 saturated heterocycles. The molecule has 1 aliphatic rings. The van der Waals surface area contributed by atoms with E-state index >= 15 is 0 Å². The van der Waals surface area contributed by atoms with E-state index in [-0.39, 0.29) is 11.7 Å². The summed E-state index contributed by atoms with van der Waals surface area (Å²) in [5.74, 6) is 0.394. The number of aromatic amines is 1. The van der Waals surface area contributed by atoms with E-state index in [0.29, 0.717) is 19.0 Å². The van der Waals surface area contributed by atoms with Gasteiger partial charge in [0.25, 0.3) is 0 Å². The number of likely N-dealkylation sites (tertiary alicyclic amines) is 1. The Balaban J connectivity index is 2.01. The monoisotopic (exact) mass is 306 g/mol. The molecule has 1 N–H and O–H groups in total. The SMILES string of the molecule is CCc1[nH]c(=O)ccc1C1CCN(C(=O)OC(C)(C)C)CC1. The van der Waals surface area contributed by atoms with Gasteiger partial charge in [-0.05, 0) is 51.5 Å². The highest BCUT2D eigenvalue weighted by Crippen LogP contribution is 2.30. The van der Waals surface area contributed by atoms with Crippen LogP contribution in [0.1, 0.15) is 57.7 Å². The minimum Gasteiger partial charge on any atom is -0.444 e. The van der Waals surface area contributed by atoms with Gasteiger partial charge < -0.3 is 14.6 Å². The lowest BCUT2D eigenvalue weighted by atomic mass is 9.88.